The van der Waals surface area contributed by atoms with Crippen molar-refractivity contribution in [2.75, 3.05) is 32.4 Å². The van der Waals surface area contributed by atoms with Crippen molar-refractivity contribution in [2.24, 2.45) is 0 Å². The molecule has 10 nitrogen and oxygen atoms in total. The second-order valence-corrected chi connectivity index (χ2v) is 17.1. The summed E-state index contributed by atoms with van der Waals surface area (Å²) < 4.78 is 44.6. The highest BCUT2D eigenvalue weighted by atomic mass is 35.5. The number of carboxylic acid groups (broad SMARTS) is 1. The summed E-state index contributed by atoms with van der Waals surface area (Å²) in [4.78, 5) is 41.8. The third-order valence-corrected chi connectivity index (χ3v) is 11.2. The van der Waals surface area contributed by atoms with Crippen LogP contribution in [0.2, 0.25) is 5.02 Å². The fourth-order valence-electron chi connectivity index (χ4n) is 5.55. The van der Waals surface area contributed by atoms with E-state index in [1.807, 2.05) is 11.0 Å². The van der Waals surface area contributed by atoms with Crippen LogP contribution in [0.1, 0.15) is 73.3 Å². The number of carboxylic acids is 1. The van der Waals surface area contributed by atoms with Gasteiger partial charge in [-0.1, -0.05) is 29.8 Å². The molecule has 2 aromatic carbocycles. The minimum absolute atomic E-state index is 0.0158. The van der Waals surface area contributed by atoms with Crippen LogP contribution in [0.4, 0.5) is 14.0 Å². The molecular weight excluding hydrogens is 650 g/mol. The van der Waals surface area contributed by atoms with Crippen LogP contribution in [0.5, 0.6) is 0 Å². The molecule has 0 spiro atoms. The number of carbonyl (C=O) groups is 3. The highest BCUT2D eigenvalue weighted by Gasteiger charge is 2.58. The number of amides is 2. The first kappa shape index (κ1) is 38.5. The maximum atomic E-state index is 14.3. The number of benzene rings is 2. The fraction of sp³-hybridized carbons (Fsp3) is 0.559. The first-order valence-electron chi connectivity index (χ1n) is 15.8. The molecule has 2 amide bonds. The minimum Gasteiger partial charge on any atom is -0.480 e. The van der Waals surface area contributed by atoms with E-state index in [4.69, 9.17) is 25.6 Å². The summed E-state index contributed by atoms with van der Waals surface area (Å²) in [6, 6.07) is 11.4. The highest BCUT2D eigenvalue weighted by molar-refractivity contribution is 7.62. The molecule has 3 rings (SSSR count). The molecule has 1 N–H and O–H groups in total. The van der Waals surface area contributed by atoms with Crippen LogP contribution >= 0.6 is 19.0 Å². The molecule has 1 heterocycles. The summed E-state index contributed by atoms with van der Waals surface area (Å²) >= 11 is 6.31. The normalized spacial score (nSPS) is 20.4. The predicted octanol–water partition coefficient (Wildman–Crippen LogP) is 8.44. The molecule has 13 heteroatoms. The maximum Gasteiger partial charge on any atom is 0.419 e. The van der Waals surface area contributed by atoms with E-state index >= 15 is 0 Å². The predicted molar refractivity (Wildman–Crippen MR) is 180 cm³/mol. The number of nitrogens with zero attached hydrogens (tertiary/aromatic N) is 2. The van der Waals surface area contributed by atoms with Crippen LogP contribution in [-0.4, -0.2) is 81.8 Å². The largest absolute Gasteiger partial charge is 0.480 e. The van der Waals surface area contributed by atoms with E-state index in [9.17, 15) is 28.4 Å². The van der Waals surface area contributed by atoms with E-state index in [0.717, 1.165) is 21.6 Å². The van der Waals surface area contributed by atoms with Crippen molar-refractivity contribution >= 4 is 37.1 Å². The van der Waals surface area contributed by atoms with E-state index in [-0.39, 0.29) is 50.9 Å². The smallest absolute Gasteiger partial charge is 0.419 e. The quantitative estimate of drug-likeness (QED) is 0.182. The zero-order chi connectivity index (χ0) is 35.2. The van der Waals surface area contributed by atoms with Gasteiger partial charge in [-0.25, -0.2) is 18.9 Å². The Bertz CT molecular complexity index is 1450. The van der Waals surface area contributed by atoms with Crippen LogP contribution in [0.3, 0.4) is 0 Å². The van der Waals surface area contributed by atoms with Gasteiger partial charge in [-0.2, -0.15) is 0 Å². The molecule has 0 aliphatic carbocycles. The number of carbonyl (C=O) groups excluding carboxylic acids is 2. The van der Waals surface area contributed by atoms with Gasteiger partial charge in [0.2, 0.25) is 7.37 Å². The standard InChI is InChI=1S/C34H47ClFN2O8P/c1-8-44-47(43)20-19-37(22-25-11-14-26(35)21-28(25)24-12-15-27(36)16-13-24)23-34(47,29(39)40)17-9-10-18-38(30(41)45-32(2,3)4)31(42)46-33(5,6)7/h11-16,21H,8-10,17-20,22-23H2,1-7H3,(H,39,40)/t34-,47?/m0/s1. The Balaban J connectivity index is 1.85. The minimum atomic E-state index is -3.69. The third kappa shape index (κ3) is 10.3. The Morgan fingerprint density at radius 3 is 2.13 bits per heavy atom. The number of rotatable bonds is 11. The molecule has 47 heavy (non-hydrogen) atoms. The molecule has 1 fully saturated rings. The van der Waals surface area contributed by atoms with Gasteiger partial charge in [0.25, 0.3) is 0 Å². The fourth-order valence-corrected chi connectivity index (χ4v) is 8.69. The summed E-state index contributed by atoms with van der Waals surface area (Å²) in [5.41, 5.74) is 0.660. The summed E-state index contributed by atoms with van der Waals surface area (Å²) in [5, 5.41) is 9.45. The molecular formula is C34H47ClFN2O8P. The molecule has 2 atom stereocenters. The lowest BCUT2D eigenvalue weighted by Crippen LogP contribution is -2.54. The van der Waals surface area contributed by atoms with Gasteiger partial charge in [-0.15, -0.1) is 0 Å². The van der Waals surface area contributed by atoms with Crippen LogP contribution < -0.4 is 0 Å². The van der Waals surface area contributed by atoms with Gasteiger partial charge < -0.3 is 19.1 Å². The van der Waals surface area contributed by atoms with Gasteiger partial charge in [0.1, 0.15) is 17.0 Å². The summed E-state index contributed by atoms with van der Waals surface area (Å²) in [6.45, 7) is 12.4. The van der Waals surface area contributed by atoms with Crippen LogP contribution in [-0.2, 0) is 29.9 Å². The second kappa shape index (κ2) is 15.5. The Morgan fingerprint density at radius 2 is 1.60 bits per heavy atom. The second-order valence-electron chi connectivity index (χ2n) is 13.7. The highest BCUT2D eigenvalue weighted by Crippen LogP contribution is 2.63. The number of hydrogen-bond donors (Lipinski definition) is 1. The molecule has 0 radical (unpaired) electrons. The Morgan fingerprint density at radius 1 is 1.00 bits per heavy atom. The number of halogens is 2. The first-order valence-corrected chi connectivity index (χ1v) is 18.0. The molecule has 1 saturated heterocycles. The van der Waals surface area contributed by atoms with Crippen LogP contribution in [0, 0.1) is 5.82 Å². The van der Waals surface area contributed by atoms with Gasteiger partial charge in [-0.05, 0) is 109 Å². The summed E-state index contributed by atoms with van der Waals surface area (Å²) in [5.74, 6) is -1.60. The van der Waals surface area contributed by atoms with Crippen molar-refractivity contribution in [3.05, 3.63) is 58.9 Å². The van der Waals surface area contributed by atoms with Gasteiger partial charge in [0, 0.05) is 37.4 Å². The Kier molecular flexibility index (Phi) is 12.7. The average molecular weight is 697 g/mol. The Labute approximate surface area is 281 Å². The van der Waals surface area contributed by atoms with Crippen molar-refractivity contribution in [3.63, 3.8) is 0 Å². The molecule has 1 unspecified atom stereocenters. The third-order valence-electron chi connectivity index (χ3n) is 7.65. The molecule has 1 aliphatic heterocycles. The average Bonchev–Trinajstić information content (AvgIpc) is 2.94. The van der Waals surface area contributed by atoms with Crippen molar-refractivity contribution in [3.8, 4) is 11.1 Å². The zero-order valence-electron chi connectivity index (χ0n) is 28.3. The van der Waals surface area contributed by atoms with E-state index in [1.165, 1.54) is 12.1 Å². The van der Waals surface area contributed by atoms with Gasteiger partial charge in [0.05, 0.1) is 6.61 Å². The summed E-state index contributed by atoms with van der Waals surface area (Å²) in [7, 11) is -3.69. The molecule has 1 aliphatic rings. The van der Waals surface area contributed by atoms with E-state index in [2.05, 4.69) is 0 Å². The van der Waals surface area contributed by atoms with Crippen molar-refractivity contribution < 1.29 is 42.4 Å². The molecule has 0 aromatic heterocycles. The van der Waals surface area contributed by atoms with Gasteiger partial charge >= 0.3 is 18.2 Å². The number of ether oxygens (including phenoxy) is 2. The van der Waals surface area contributed by atoms with Gasteiger partial charge in [0.15, 0.2) is 5.16 Å². The lowest BCUT2D eigenvalue weighted by molar-refractivity contribution is -0.141. The topological polar surface area (TPSA) is 123 Å². The molecule has 0 saturated carbocycles. The van der Waals surface area contributed by atoms with Crippen molar-refractivity contribution in [2.45, 2.75) is 90.6 Å². The van der Waals surface area contributed by atoms with Gasteiger partial charge in [-0.3, -0.25) is 14.3 Å². The monoisotopic (exact) mass is 696 g/mol. The van der Waals surface area contributed by atoms with E-state index in [1.54, 1.807) is 72.7 Å². The molecule has 260 valence electrons. The van der Waals surface area contributed by atoms with Crippen LogP contribution in [0.15, 0.2) is 42.5 Å². The van der Waals surface area contributed by atoms with E-state index in [0.29, 0.717) is 18.1 Å². The lowest BCUT2D eigenvalue weighted by atomic mass is 9.97. The number of imide groups is 1. The van der Waals surface area contributed by atoms with Crippen molar-refractivity contribution in [1.29, 1.82) is 0 Å². The molecule has 0 bridgehead atoms. The van der Waals surface area contributed by atoms with E-state index < -0.39 is 41.9 Å². The summed E-state index contributed by atoms with van der Waals surface area (Å²) in [6.07, 6.45) is -1.29. The maximum absolute atomic E-state index is 14.3. The van der Waals surface area contributed by atoms with Crippen molar-refractivity contribution in [1.82, 2.24) is 9.80 Å². The zero-order valence-corrected chi connectivity index (χ0v) is 30.0. The number of aliphatic carboxylic acids is 1. The Hall–Kier alpha value is -2.98. The first-order chi connectivity index (χ1) is 21.8. The number of hydrogen-bond acceptors (Lipinski definition) is 8. The SMILES string of the molecule is CCOP1(=O)CCN(Cc2ccc(Cl)cc2-c2ccc(F)cc2)C[C@@]1(CCCCN(C(=O)OC(C)(C)C)C(=O)OC(C)(C)C)C(=O)O. The lowest BCUT2D eigenvalue weighted by Gasteiger charge is -2.45. The van der Waals surface area contributed by atoms with Crippen LogP contribution in [0.25, 0.3) is 11.1 Å². The number of unbranched alkanes of at least 4 members (excludes halogenated alkanes) is 1. The molecule has 2 aromatic rings.